The van der Waals surface area contributed by atoms with Gasteiger partial charge in [-0.3, -0.25) is 9.39 Å². The Kier molecular flexibility index (Phi) is 8.38. The molecule has 2 N–H and O–H groups in total. The van der Waals surface area contributed by atoms with Crippen molar-refractivity contribution in [2.24, 2.45) is 4.99 Å². The highest BCUT2D eigenvalue weighted by molar-refractivity contribution is 14.0. The molecular formula is C19H25IN6O2S. The molecule has 0 radical (unpaired) electrons. The van der Waals surface area contributed by atoms with Gasteiger partial charge < -0.3 is 10.6 Å². The first-order valence-corrected chi connectivity index (χ1v) is 10.9. The fourth-order valence-electron chi connectivity index (χ4n) is 2.80. The summed E-state index contributed by atoms with van der Waals surface area (Å²) >= 11 is 0. The zero-order chi connectivity index (χ0) is 20.0. The van der Waals surface area contributed by atoms with Crippen LogP contribution in [0.15, 0.2) is 58.5 Å². The van der Waals surface area contributed by atoms with Crippen molar-refractivity contribution in [2.45, 2.75) is 17.7 Å². The van der Waals surface area contributed by atoms with Crippen LogP contribution < -0.4 is 10.6 Å². The highest BCUT2D eigenvalue weighted by Gasteiger charge is 2.07. The van der Waals surface area contributed by atoms with Crippen LogP contribution in [0, 0.1) is 0 Å². The van der Waals surface area contributed by atoms with Gasteiger partial charge in [0.05, 0.1) is 4.90 Å². The molecule has 0 fully saturated rings. The van der Waals surface area contributed by atoms with Crippen LogP contribution >= 0.6 is 24.0 Å². The molecule has 3 rings (SSSR count). The number of aromatic nitrogens is 3. The van der Waals surface area contributed by atoms with E-state index in [0.29, 0.717) is 23.9 Å². The minimum atomic E-state index is -3.16. The Hall–Kier alpha value is -2.21. The first kappa shape index (κ1) is 23.1. The van der Waals surface area contributed by atoms with Crippen LogP contribution in [0.5, 0.6) is 0 Å². The lowest BCUT2D eigenvalue weighted by Gasteiger charge is -2.11. The number of nitrogens with zero attached hydrogens (tertiary/aromatic N) is 4. The molecule has 0 bridgehead atoms. The molecule has 0 aliphatic heterocycles. The van der Waals surface area contributed by atoms with Gasteiger partial charge in [-0.1, -0.05) is 18.2 Å². The van der Waals surface area contributed by atoms with E-state index < -0.39 is 9.84 Å². The normalized spacial score (nSPS) is 11.9. The van der Waals surface area contributed by atoms with Gasteiger partial charge in [0, 0.05) is 39.0 Å². The number of sulfone groups is 1. The van der Waals surface area contributed by atoms with Crippen LogP contribution in [0.25, 0.3) is 5.65 Å². The first-order chi connectivity index (χ1) is 13.5. The Morgan fingerprint density at radius 1 is 1.03 bits per heavy atom. The van der Waals surface area contributed by atoms with Crippen molar-refractivity contribution in [1.82, 2.24) is 25.2 Å². The third-order valence-corrected chi connectivity index (χ3v) is 5.44. The van der Waals surface area contributed by atoms with Crippen molar-refractivity contribution in [3.63, 3.8) is 0 Å². The van der Waals surface area contributed by atoms with Crippen LogP contribution in [0.4, 0.5) is 0 Å². The van der Waals surface area contributed by atoms with Gasteiger partial charge in [-0.05, 0) is 36.2 Å². The third-order valence-electron chi connectivity index (χ3n) is 4.31. The number of guanidine groups is 1. The molecular weight excluding hydrogens is 503 g/mol. The summed E-state index contributed by atoms with van der Waals surface area (Å²) in [5.41, 5.74) is 1.90. The predicted molar refractivity (Wildman–Crippen MR) is 125 cm³/mol. The van der Waals surface area contributed by atoms with Crippen LogP contribution in [-0.2, 0) is 22.7 Å². The third kappa shape index (κ3) is 6.39. The van der Waals surface area contributed by atoms with E-state index in [1.807, 2.05) is 40.9 Å². The maximum absolute atomic E-state index is 11.5. The van der Waals surface area contributed by atoms with Crippen molar-refractivity contribution in [3.05, 3.63) is 60.0 Å². The number of rotatable bonds is 7. The number of benzene rings is 1. The molecule has 0 saturated carbocycles. The Bertz CT molecular complexity index is 1060. The molecule has 3 aromatic rings. The van der Waals surface area contributed by atoms with Crippen molar-refractivity contribution >= 4 is 45.4 Å². The SMILES string of the molecule is CN=C(NCCc1ccc(S(C)(=O)=O)cc1)NCCc1nnc2ccccn12.I. The number of nitrogens with one attached hydrogen (secondary N) is 2. The van der Waals surface area contributed by atoms with Gasteiger partial charge in [0.15, 0.2) is 21.4 Å². The van der Waals surface area contributed by atoms with E-state index in [2.05, 4.69) is 25.8 Å². The summed E-state index contributed by atoms with van der Waals surface area (Å²) in [5.74, 6) is 1.60. The summed E-state index contributed by atoms with van der Waals surface area (Å²) < 4.78 is 25.0. The van der Waals surface area contributed by atoms with E-state index in [9.17, 15) is 8.42 Å². The van der Waals surface area contributed by atoms with Gasteiger partial charge in [-0.2, -0.15) is 0 Å². The number of fused-ring (bicyclic) bond motifs is 1. The average Bonchev–Trinajstić information content (AvgIpc) is 3.10. The van der Waals surface area contributed by atoms with Crippen LogP contribution in [0.3, 0.4) is 0 Å². The van der Waals surface area contributed by atoms with Gasteiger partial charge in [0.2, 0.25) is 0 Å². The van der Waals surface area contributed by atoms with Crippen LogP contribution in [0.1, 0.15) is 11.4 Å². The highest BCUT2D eigenvalue weighted by atomic mass is 127. The van der Waals surface area contributed by atoms with Crippen molar-refractivity contribution in [3.8, 4) is 0 Å². The molecule has 1 aromatic carbocycles. The van der Waals surface area contributed by atoms with Crippen LogP contribution in [0.2, 0.25) is 0 Å². The topological polar surface area (TPSA) is 101 Å². The Morgan fingerprint density at radius 2 is 1.72 bits per heavy atom. The quantitative estimate of drug-likeness (QED) is 0.275. The molecule has 156 valence electrons. The fraction of sp³-hybridized carbons (Fsp3) is 0.316. The molecule has 0 aliphatic rings. The smallest absolute Gasteiger partial charge is 0.191 e. The minimum absolute atomic E-state index is 0. The van der Waals surface area contributed by atoms with E-state index in [1.54, 1.807) is 19.2 Å². The summed E-state index contributed by atoms with van der Waals surface area (Å²) in [6.45, 7) is 1.37. The molecule has 2 aromatic heterocycles. The molecule has 0 amide bonds. The first-order valence-electron chi connectivity index (χ1n) is 8.99. The molecule has 0 unspecified atom stereocenters. The lowest BCUT2D eigenvalue weighted by atomic mass is 10.1. The van der Waals surface area contributed by atoms with Gasteiger partial charge in [-0.25, -0.2) is 8.42 Å². The Balaban J connectivity index is 0.00000300. The summed E-state index contributed by atoms with van der Waals surface area (Å²) in [6.07, 6.45) is 4.65. The highest BCUT2D eigenvalue weighted by Crippen LogP contribution is 2.10. The standard InChI is InChI=1S/C19H24N6O2S.HI/c1-20-19(21-12-10-15-6-8-16(9-7-15)28(2,26)27)22-13-11-18-24-23-17-5-3-4-14-25(17)18;/h3-9,14H,10-13H2,1-2H3,(H2,20,21,22);1H. The summed E-state index contributed by atoms with van der Waals surface area (Å²) in [4.78, 5) is 4.55. The molecule has 0 aliphatic carbocycles. The van der Waals surface area contributed by atoms with Crippen molar-refractivity contribution in [1.29, 1.82) is 0 Å². The van der Waals surface area contributed by atoms with E-state index >= 15 is 0 Å². The fourth-order valence-corrected chi connectivity index (χ4v) is 3.43. The van der Waals surface area contributed by atoms with Crippen molar-refractivity contribution in [2.75, 3.05) is 26.4 Å². The Morgan fingerprint density at radius 3 is 2.38 bits per heavy atom. The zero-order valence-corrected chi connectivity index (χ0v) is 19.5. The molecule has 2 heterocycles. The van der Waals surface area contributed by atoms with E-state index in [-0.39, 0.29) is 24.0 Å². The molecule has 0 saturated heterocycles. The summed E-state index contributed by atoms with van der Waals surface area (Å²) in [5, 5.41) is 14.9. The lowest BCUT2D eigenvalue weighted by Crippen LogP contribution is -2.39. The van der Waals surface area contributed by atoms with Gasteiger partial charge in [0.25, 0.3) is 0 Å². The maximum Gasteiger partial charge on any atom is 0.191 e. The summed E-state index contributed by atoms with van der Waals surface area (Å²) in [7, 11) is -1.43. The zero-order valence-electron chi connectivity index (χ0n) is 16.4. The lowest BCUT2D eigenvalue weighted by molar-refractivity contribution is 0.602. The molecule has 0 atom stereocenters. The van der Waals surface area contributed by atoms with Crippen LogP contribution in [-0.4, -0.2) is 55.4 Å². The number of aliphatic imine (C=N–C) groups is 1. The second-order valence-electron chi connectivity index (χ2n) is 6.39. The minimum Gasteiger partial charge on any atom is -0.356 e. The largest absolute Gasteiger partial charge is 0.356 e. The van der Waals surface area contributed by atoms with Crippen molar-refractivity contribution < 1.29 is 8.42 Å². The predicted octanol–water partition coefficient (Wildman–Crippen LogP) is 1.70. The number of pyridine rings is 1. The van der Waals surface area contributed by atoms with Gasteiger partial charge >= 0.3 is 0 Å². The maximum atomic E-state index is 11.5. The molecule has 8 nitrogen and oxygen atoms in total. The summed E-state index contributed by atoms with van der Waals surface area (Å²) in [6, 6.07) is 12.8. The number of halogens is 1. The van der Waals surface area contributed by atoms with E-state index in [4.69, 9.17) is 0 Å². The number of hydrogen-bond donors (Lipinski definition) is 2. The molecule has 0 spiro atoms. The number of hydrogen-bond acceptors (Lipinski definition) is 5. The molecule has 29 heavy (non-hydrogen) atoms. The van der Waals surface area contributed by atoms with Gasteiger partial charge in [0.1, 0.15) is 5.82 Å². The second-order valence-corrected chi connectivity index (χ2v) is 8.40. The van der Waals surface area contributed by atoms with Gasteiger partial charge in [-0.15, -0.1) is 34.2 Å². The van der Waals surface area contributed by atoms with E-state index in [0.717, 1.165) is 29.9 Å². The second kappa shape index (κ2) is 10.5. The average molecular weight is 528 g/mol. The monoisotopic (exact) mass is 528 g/mol. The van der Waals surface area contributed by atoms with E-state index in [1.165, 1.54) is 6.26 Å². The Labute approximate surface area is 187 Å². The molecule has 10 heteroatoms.